The number of carbonyl (C=O) groups excluding carboxylic acids is 2. The molecule has 8 heteroatoms. The molecule has 2 fully saturated rings. The number of aryl methyl sites for hydroxylation is 1. The summed E-state index contributed by atoms with van der Waals surface area (Å²) in [5.74, 6) is -0.654. The summed E-state index contributed by atoms with van der Waals surface area (Å²) in [5, 5.41) is 11.4. The van der Waals surface area contributed by atoms with E-state index >= 15 is 0 Å². The topological polar surface area (TPSA) is 79.3 Å². The average Bonchev–Trinajstić information content (AvgIpc) is 3.15. The van der Waals surface area contributed by atoms with E-state index in [1.807, 2.05) is 37.3 Å². The number of amides is 1. The van der Waals surface area contributed by atoms with Crippen LogP contribution in [0.3, 0.4) is 0 Å². The van der Waals surface area contributed by atoms with Gasteiger partial charge in [-0.25, -0.2) is 0 Å². The lowest BCUT2D eigenvalue weighted by molar-refractivity contribution is -0.140. The van der Waals surface area contributed by atoms with Gasteiger partial charge < -0.3 is 19.5 Å². The van der Waals surface area contributed by atoms with Crippen molar-refractivity contribution in [1.29, 1.82) is 0 Å². The molecule has 2 aliphatic heterocycles. The van der Waals surface area contributed by atoms with Crippen molar-refractivity contribution in [1.82, 2.24) is 9.80 Å². The van der Waals surface area contributed by atoms with Crippen LogP contribution in [-0.2, 0) is 14.3 Å². The van der Waals surface area contributed by atoms with Crippen molar-refractivity contribution < 1.29 is 24.2 Å². The molecule has 4 rings (SSSR count). The van der Waals surface area contributed by atoms with Crippen LogP contribution in [0.25, 0.3) is 5.76 Å². The lowest BCUT2D eigenvalue weighted by atomic mass is 9.94. The van der Waals surface area contributed by atoms with Gasteiger partial charge in [-0.3, -0.25) is 14.5 Å². The smallest absolute Gasteiger partial charge is 0.295 e. The Morgan fingerprint density at radius 1 is 1.11 bits per heavy atom. The van der Waals surface area contributed by atoms with Crippen molar-refractivity contribution in [2.24, 2.45) is 0 Å². The number of unbranched alkanes of at least 4 members (excludes halogenated alkanes) is 1. The minimum Gasteiger partial charge on any atom is -0.507 e. The third-order valence-electron chi connectivity index (χ3n) is 6.89. The molecular weight excluding hydrogens is 536 g/mol. The Morgan fingerprint density at radius 2 is 1.89 bits per heavy atom. The van der Waals surface area contributed by atoms with Crippen LogP contribution in [0.4, 0.5) is 0 Å². The van der Waals surface area contributed by atoms with E-state index in [1.165, 1.54) is 0 Å². The molecule has 1 N–H and O–H groups in total. The second-order valence-corrected chi connectivity index (χ2v) is 10.5. The van der Waals surface area contributed by atoms with Crippen LogP contribution in [0.2, 0.25) is 0 Å². The van der Waals surface area contributed by atoms with Crippen LogP contribution in [0, 0.1) is 6.92 Å². The molecule has 7 nitrogen and oxygen atoms in total. The first-order valence-corrected chi connectivity index (χ1v) is 13.8. The van der Waals surface area contributed by atoms with E-state index in [4.69, 9.17) is 9.47 Å². The van der Waals surface area contributed by atoms with E-state index in [2.05, 4.69) is 27.8 Å². The number of ether oxygens (including phenoxy) is 2. The van der Waals surface area contributed by atoms with Crippen molar-refractivity contribution >= 4 is 33.4 Å². The zero-order valence-corrected chi connectivity index (χ0v) is 23.1. The van der Waals surface area contributed by atoms with Crippen LogP contribution in [0.1, 0.15) is 48.9 Å². The Bertz CT molecular complexity index is 1160. The third kappa shape index (κ3) is 6.43. The van der Waals surface area contributed by atoms with E-state index in [0.717, 1.165) is 60.2 Å². The van der Waals surface area contributed by atoms with Gasteiger partial charge in [-0.05, 0) is 61.2 Å². The zero-order valence-electron chi connectivity index (χ0n) is 21.5. The molecule has 0 spiro atoms. The fourth-order valence-corrected chi connectivity index (χ4v) is 5.28. The van der Waals surface area contributed by atoms with Crippen molar-refractivity contribution in [2.45, 2.75) is 39.2 Å². The van der Waals surface area contributed by atoms with Crippen LogP contribution >= 0.6 is 15.9 Å². The highest BCUT2D eigenvalue weighted by Crippen LogP contribution is 2.40. The van der Waals surface area contributed by atoms with Gasteiger partial charge in [0, 0.05) is 36.2 Å². The number of likely N-dealkylation sites (tertiary alicyclic amines) is 1. The van der Waals surface area contributed by atoms with E-state index in [1.54, 1.807) is 17.0 Å². The monoisotopic (exact) mass is 570 g/mol. The molecule has 0 unspecified atom stereocenters. The Hall–Kier alpha value is -2.68. The molecule has 37 heavy (non-hydrogen) atoms. The van der Waals surface area contributed by atoms with E-state index in [-0.39, 0.29) is 11.3 Å². The zero-order chi connectivity index (χ0) is 26.4. The molecule has 0 aromatic heterocycles. The lowest BCUT2D eigenvalue weighted by Crippen LogP contribution is -2.38. The standard InChI is InChI=1S/C29H35BrN2O5/c1-3-4-15-37-24-10-9-22(18-20(24)2)27(33)25-26(21-7-5-8-23(30)19-21)32(29(35)28(25)34)12-6-11-31-13-16-36-17-14-31/h5,7-10,18-19,26,33H,3-4,6,11-17H2,1-2H3/t26-/m1/s1. The number of rotatable bonds is 10. The maximum atomic E-state index is 13.3. The normalized spacial score (nSPS) is 20.0. The van der Waals surface area contributed by atoms with E-state index < -0.39 is 17.7 Å². The SMILES string of the molecule is CCCCOc1ccc(C(O)=C2C(=O)C(=O)N(CCCN3CCOCC3)[C@@H]2c2cccc(Br)c2)cc1C. The van der Waals surface area contributed by atoms with Crippen LogP contribution in [0.15, 0.2) is 52.5 Å². The number of benzene rings is 2. The molecule has 2 aliphatic rings. The third-order valence-corrected chi connectivity index (χ3v) is 7.38. The Labute approximate surface area is 227 Å². The summed E-state index contributed by atoms with van der Waals surface area (Å²) in [6.07, 6.45) is 2.73. The van der Waals surface area contributed by atoms with Gasteiger partial charge in [0.1, 0.15) is 11.5 Å². The first-order valence-electron chi connectivity index (χ1n) is 13.0. The highest BCUT2D eigenvalue weighted by molar-refractivity contribution is 9.10. The largest absolute Gasteiger partial charge is 0.507 e. The van der Waals surface area contributed by atoms with Crippen molar-refractivity contribution in [2.75, 3.05) is 46.0 Å². The van der Waals surface area contributed by atoms with Gasteiger partial charge in [-0.1, -0.05) is 41.4 Å². The molecule has 2 aromatic carbocycles. The number of halogens is 1. The first kappa shape index (κ1) is 27.4. The van der Waals surface area contributed by atoms with Gasteiger partial charge in [0.2, 0.25) is 0 Å². The van der Waals surface area contributed by atoms with Crippen LogP contribution in [-0.4, -0.2) is 72.6 Å². The molecule has 198 valence electrons. The number of hydrogen-bond acceptors (Lipinski definition) is 6. The van der Waals surface area contributed by atoms with Gasteiger partial charge in [0.25, 0.3) is 11.7 Å². The lowest BCUT2D eigenvalue weighted by Gasteiger charge is -2.29. The number of ketones is 1. The highest BCUT2D eigenvalue weighted by Gasteiger charge is 2.45. The minimum absolute atomic E-state index is 0.119. The fourth-order valence-electron chi connectivity index (χ4n) is 4.86. The number of aliphatic hydroxyl groups is 1. The average molecular weight is 572 g/mol. The van der Waals surface area contributed by atoms with Gasteiger partial charge in [0.15, 0.2) is 0 Å². The number of aliphatic hydroxyl groups excluding tert-OH is 1. The van der Waals surface area contributed by atoms with Gasteiger partial charge in [-0.2, -0.15) is 0 Å². The molecule has 0 aliphatic carbocycles. The summed E-state index contributed by atoms with van der Waals surface area (Å²) in [4.78, 5) is 30.5. The van der Waals surface area contributed by atoms with Crippen molar-refractivity contribution in [3.05, 3.63) is 69.2 Å². The summed E-state index contributed by atoms with van der Waals surface area (Å²) < 4.78 is 12.1. The number of carbonyl (C=O) groups is 2. The second kappa shape index (κ2) is 12.7. The summed E-state index contributed by atoms with van der Waals surface area (Å²) in [6.45, 7) is 9.03. The number of hydrogen-bond donors (Lipinski definition) is 1. The van der Waals surface area contributed by atoms with Gasteiger partial charge >= 0.3 is 0 Å². The summed E-state index contributed by atoms with van der Waals surface area (Å²) in [7, 11) is 0. The predicted octanol–water partition coefficient (Wildman–Crippen LogP) is 5.08. The van der Waals surface area contributed by atoms with E-state index in [0.29, 0.717) is 31.9 Å². The summed E-state index contributed by atoms with van der Waals surface area (Å²) in [6, 6.07) is 12.3. The first-order chi connectivity index (χ1) is 17.9. The maximum absolute atomic E-state index is 13.3. The Morgan fingerprint density at radius 3 is 2.59 bits per heavy atom. The van der Waals surface area contributed by atoms with Crippen molar-refractivity contribution in [3.8, 4) is 5.75 Å². The molecule has 0 radical (unpaired) electrons. The maximum Gasteiger partial charge on any atom is 0.295 e. The fraction of sp³-hybridized carbons (Fsp3) is 0.448. The quantitative estimate of drug-likeness (QED) is 0.186. The van der Waals surface area contributed by atoms with Gasteiger partial charge in [-0.15, -0.1) is 0 Å². The summed E-state index contributed by atoms with van der Waals surface area (Å²) >= 11 is 3.51. The number of nitrogens with zero attached hydrogens (tertiary/aromatic N) is 2. The molecule has 0 saturated carbocycles. The molecular formula is C29H35BrN2O5. The minimum atomic E-state index is -0.664. The van der Waals surface area contributed by atoms with E-state index in [9.17, 15) is 14.7 Å². The molecule has 2 heterocycles. The van der Waals surface area contributed by atoms with Crippen LogP contribution < -0.4 is 4.74 Å². The molecule has 1 atom stereocenters. The summed E-state index contributed by atoms with van der Waals surface area (Å²) in [5.41, 5.74) is 2.25. The van der Waals surface area contributed by atoms with Gasteiger partial charge in [0.05, 0.1) is 31.4 Å². The predicted molar refractivity (Wildman–Crippen MR) is 147 cm³/mol. The Kier molecular flexibility index (Phi) is 9.40. The number of morpholine rings is 1. The molecule has 2 aromatic rings. The highest BCUT2D eigenvalue weighted by atomic mass is 79.9. The molecule has 0 bridgehead atoms. The second-order valence-electron chi connectivity index (χ2n) is 9.54. The number of Topliss-reactive ketones (excluding diaryl/α,β-unsaturated/α-hetero) is 1. The van der Waals surface area contributed by atoms with Crippen molar-refractivity contribution in [3.63, 3.8) is 0 Å². The Balaban J connectivity index is 1.64. The molecule has 2 saturated heterocycles. The van der Waals surface area contributed by atoms with Crippen LogP contribution in [0.5, 0.6) is 5.75 Å². The molecule has 1 amide bonds.